The molecule has 27 heavy (non-hydrogen) atoms. The van der Waals surface area contributed by atoms with Crippen molar-refractivity contribution < 1.29 is 4.42 Å². The molecule has 0 amide bonds. The molecule has 1 N–H and O–H groups in total. The first-order valence-electron chi connectivity index (χ1n) is 9.03. The number of rotatable bonds is 4. The van der Waals surface area contributed by atoms with Gasteiger partial charge in [-0.2, -0.15) is 5.10 Å². The van der Waals surface area contributed by atoms with E-state index in [4.69, 9.17) is 4.42 Å². The number of aromatic nitrogens is 6. The monoisotopic (exact) mass is 361 g/mol. The number of hydrogen-bond acceptors (Lipinski definition) is 6. The number of imidazole rings is 1. The summed E-state index contributed by atoms with van der Waals surface area (Å²) in [7, 11) is 0. The molecule has 0 unspecified atom stereocenters. The fourth-order valence-electron chi connectivity index (χ4n) is 3.61. The molecule has 136 valence electrons. The summed E-state index contributed by atoms with van der Waals surface area (Å²) in [4.78, 5) is 15.6. The first-order chi connectivity index (χ1) is 13.4. The van der Waals surface area contributed by atoms with Gasteiger partial charge in [-0.25, -0.2) is 15.0 Å². The Hall–Kier alpha value is -3.42. The number of aromatic amines is 1. The van der Waals surface area contributed by atoms with Crippen LogP contribution in [0.1, 0.15) is 18.9 Å². The predicted octanol–water partition coefficient (Wildman–Crippen LogP) is 3.16. The third-order valence-electron chi connectivity index (χ3n) is 4.89. The second-order valence-electron chi connectivity index (χ2n) is 6.58. The number of hydrogen-bond donors (Lipinski definition) is 1. The first kappa shape index (κ1) is 15.8. The normalized spacial score (nSPS) is 17.3. The molecule has 0 spiro atoms. The van der Waals surface area contributed by atoms with Crippen LogP contribution in [0, 0.1) is 0 Å². The Labute approximate surface area is 155 Å². The third kappa shape index (κ3) is 2.99. The van der Waals surface area contributed by atoms with E-state index in [1.807, 2.05) is 36.7 Å². The van der Waals surface area contributed by atoms with E-state index in [-0.39, 0.29) is 0 Å². The fourth-order valence-corrected chi connectivity index (χ4v) is 3.61. The molecular weight excluding hydrogens is 342 g/mol. The summed E-state index contributed by atoms with van der Waals surface area (Å²) in [6.07, 6.45) is 11.3. The van der Waals surface area contributed by atoms with Crippen LogP contribution in [-0.4, -0.2) is 42.8 Å². The van der Waals surface area contributed by atoms with Gasteiger partial charge in [0.25, 0.3) is 0 Å². The fraction of sp³-hybridized carbons (Fsp3) is 0.263. The van der Waals surface area contributed by atoms with E-state index in [1.54, 1.807) is 18.6 Å². The standard InChI is InChI=1S/C19H19N7O/c1-3-14(13-25(11-1)19-21-7-2-8-22-19)26-12-10-20-18(26)17-5-4-16(27-17)15-6-9-23-24-15/h2,4-10,12,14H,1,3,11,13H2,(H,23,24)/t14-/m0/s1. The van der Waals surface area contributed by atoms with Gasteiger partial charge in [0.2, 0.25) is 5.95 Å². The van der Waals surface area contributed by atoms with Gasteiger partial charge in [-0.05, 0) is 37.1 Å². The molecule has 1 saturated heterocycles. The zero-order valence-electron chi connectivity index (χ0n) is 14.7. The minimum atomic E-state index is 0.292. The summed E-state index contributed by atoms with van der Waals surface area (Å²) >= 11 is 0. The quantitative estimate of drug-likeness (QED) is 0.601. The smallest absolute Gasteiger partial charge is 0.225 e. The van der Waals surface area contributed by atoms with Crippen LogP contribution in [0.3, 0.4) is 0 Å². The maximum absolute atomic E-state index is 6.02. The molecule has 5 rings (SSSR count). The van der Waals surface area contributed by atoms with Gasteiger partial charge >= 0.3 is 0 Å². The summed E-state index contributed by atoms with van der Waals surface area (Å²) in [6, 6.07) is 7.91. The Kier molecular flexibility index (Phi) is 3.93. The van der Waals surface area contributed by atoms with E-state index in [0.29, 0.717) is 6.04 Å². The molecule has 0 aromatic carbocycles. The summed E-state index contributed by atoms with van der Waals surface area (Å²) in [6.45, 7) is 1.82. The lowest BCUT2D eigenvalue weighted by Crippen LogP contribution is -2.37. The molecule has 5 heterocycles. The molecule has 4 aromatic rings. The highest BCUT2D eigenvalue weighted by molar-refractivity contribution is 5.58. The number of piperidine rings is 1. The molecule has 0 aliphatic carbocycles. The maximum atomic E-state index is 6.02. The van der Waals surface area contributed by atoms with Crippen molar-refractivity contribution in [1.82, 2.24) is 29.7 Å². The van der Waals surface area contributed by atoms with Gasteiger partial charge in [0.15, 0.2) is 17.3 Å². The molecule has 0 radical (unpaired) electrons. The molecule has 8 nitrogen and oxygen atoms in total. The number of nitrogens with one attached hydrogen (secondary N) is 1. The summed E-state index contributed by atoms with van der Waals surface area (Å²) in [5, 5.41) is 6.90. The minimum absolute atomic E-state index is 0.292. The second kappa shape index (κ2) is 6.71. The highest BCUT2D eigenvalue weighted by Gasteiger charge is 2.25. The van der Waals surface area contributed by atoms with Crippen molar-refractivity contribution in [3.63, 3.8) is 0 Å². The van der Waals surface area contributed by atoms with Crippen LogP contribution in [0.2, 0.25) is 0 Å². The van der Waals surface area contributed by atoms with Gasteiger partial charge in [-0.15, -0.1) is 0 Å². The van der Waals surface area contributed by atoms with Gasteiger partial charge in [-0.3, -0.25) is 5.10 Å². The van der Waals surface area contributed by atoms with Crippen LogP contribution in [0.4, 0.5) is 5.95 Å². The zero-order valence-corrected chi connectivity index (χ0v) is 14.7. The highest BCUT2D eigenvalue weighted by Crippen LogP contribution is 2.31. The topological polar surface area (TPSA) is 88.7 Å². The Morgan fingerprint density at radius 1 is 1.00 bits per heavy atom. The van der Waals surface area contributed by atoms with Gasteiger partial charge in [-0.1, -0.05) is 0 Å². The van der Waals surface area contributed by atoms with E-state index < -0.39 is 0 Å². The number of nitrogens with zero attached hydrogens (tertiary/aromatic N) is 6. The van der Waals surface area contributed by atoms with Crippen LogP contribution in [0.25, 0.3) is 23.0 Å². The van der Waals surface area contributed by atoms with E-state index in [0.717, 1.165) is 54.9 Å². The summed E-state index contributed by atoms with van der Waals surface area (Å²) in [5.41, 5.74) is 0.851. The van der Waals surface area contributed by atoms with Gasteiger partial charge < -0.3 is 13.9 Å². The van der Waals surface area contributed by atoms with Gasteiger partial charge in [0.05, 0.1) is 6.04 Å². The van der Waals surface area contributed by atoms with Crippen LogP contribution in [-0.2, 0) is 0 Å². The van der Waals surface area contributed by atoms with E-state index in [9.17, 15) is 0 Å². The first-order valence-corrected chi connectivity index (χ1v) is 9.03. The van der Waals surface area contributed by atoms with Crippen molar-refractivity contribution in [3.05, 3.63) is 55.2 Å². The summed E-state index contributed by atoms with van der Waals surface area (Å²) in [5.74, 6) is 3.11. The minimum Gasteiger partial charge on any atom is -0.451 e. The predicted molar refractivity (Wildman–Crippen MR) is 100 cm³/mol. The lowest BCUT2D eigenvalue weighted by Gasteiger charge is -2.33. The van der Waals surface area contributed by atoms with Crippen LogP contribution in [0.15, 0.2) is 59.7 Å². The van der Waals surface area contributed by atoms with Crippen molar-refractivity contribution in [3.8, 4) is 23.0 Å². The molecule has 0 bridgehead atoms. The largest absolute Gasteiger partial charge is 0.451 e. The third-order valence-corrected chi connectivity index (χ3v) is 4.89. The lowest BCUT2D eigenvalue weighted by molar-refractivity contribution is 0.401. The van der Waals surface area contributed by atoms with E-state index >= 15 is 0 Å². The van der Waals surface area contributed by atoms with Gasteiger partial charge in [0.1, 0.15) is 5.69 Å². The maximum Gasteiger partial charge on any atom is 0.225 e. The molecule has 1 atom stereocenters. The number of furan rings is 1. The van der Waals surface area contributed by atoms with Crippen LogP contribution < -0.4 is 4.90 Å². The summed E-state index contributed by atoms with van der Waals surface area (Å²) < 4.78 is 8.22. The number of anilines is 1. The molecule has 0 saturated carbocycles. The van der Waals surface area contributed by atoms with Crippen molar-refractivity contribution in [1.29, 1.82) is 0 Å². The average Bonchev–Trinajstić information content (AvgIpc) is 3.49. The van der Waals surface area contributed by atoms with E-state index in [2.05, 4.69) is 34.6 Å². The van der Waals surface area contributed by atoms with E-state index in [1.165, 1.54) is 0 Å². The van der Waals surface area contributed by atoms with Crippen LogP contribution >= 0.6 is 0 Å². The number of H-pyrrole nitrogens is 1. The zero-order chi connectivity index (χ0) is 18.1. The van der Waals surface area contributed by atoms with Crippen molar-refractivity contribution in [2.24, 2.45) is 0 Å². The molecule has 1 aliphatic rings. The second-order valence-corrected chi connectivity index (χ2v) is 6.58. The molecule has 1 fully saturated rings. The Morgan fingerprint density at radius 3 is 2.74 bits per heavy atom. The van der Waals surface area contributed by atoms with Crippen molar-refractivity contribution in [2.75, 3.05) is 18.0 Å². The lowest BCUT2D eigenvalue weighted by atomic mass is 10.1. The molecule has 1 aliphatic heterocycles. The Morgan fingerprint density at radius 2 is 1.89 bits per heavy atom. The highest BCUT2D eigenvalue weighted by atomic mass is 16.3. The molecular formula is C19H19N7O. The van der Waals surface area contributed by atoms with Crippen LogP contribution in [0.5, 0.6) is 0 Å². The SMILES string of the molecule is c1cnc(N2CCC[C@H](n3ccnc3-c3ccc(-c4ccn[nH]4)o3)C2)nc1. The Bertz CT molecular complexity index is 1010. The average molecular weight is 361 g/mol. The van der Waals surface area contributed by atoms with Crippen molar-refractivity contribution >= 4 is 5.95 Å². The van der Waals surface area contributed by atoms with Gasteiger partial charge in [0, 0.05) is 44.1 Å². The van der Waals surface area contributed by atoms with Crippen molar-refractivity contribution in [2.45, 2.75) is 18.9 Å². The molecule has 8 heteroatoms. The Balaban J connectivity index is 1.41. The molecule has 4 aromatic heterocycles.